The van der Waals surface area contributed by atoms with E-state index in [2.05, 4.69) is 44.7 Å². The molecule has 0 spiro atoms. The molecule has 0 aliphatic carbocycles. The quantitative estimate of drug-likeness (QED) is 0.701. The van der Waals surface area contributed by atoms with Crippen molar-refractivity contribution in [1.82, 2.24) is 30.6 Å². The third-order valence-corrected chi connectivity index (χ3v) is 4.78. The molecule has 0 radical (unpaired) electrons. The average molecular weight is 430 g/mol. The third-order valence-electron chi connectivity index (χ3n) is 4.78. The molecule has 2 aromatic rings. The monoisotopic (exact) mass is 429 g/mol. The van der Waals surface area contributed by atoms with E-state index in [1.54, 1.807) is 12.4 Å². The second-order valence-corrected chi connectivity index (χ2v) is 6.44. The van der Waals surface area contributed by atoms with Gasteiger partial charge in [0.1, 0.15) is 5.82 Å². The van der Waals surface area contributed by atoms with Gasteiger partial charge >= 0.3 is 0 Å². The first-order valence-corrected chi connectivity index (χ1v) is 9.31. The molecule has 1 saturated heterocycles. The maximum absolute atomic E-state index is 12.3. The van der Waals surface area contributed by atoms with Gasteiger partial charge in [-0.15, -0.1) is 29.9 Å². The highest BCUT2D eigenvalue weighted by molar-refractivity contribution is 5.91. The molecule has 0 bridgehead atoms. The van der Waals surface area contributed by atoms with Crippen LogP contribution < -0.4 is 15.5 Å². The Morgan fingerprint density at radius 2 is 1.96 bits per heavy atom. The van der Waals surface area contributed by atoms with Crippen molar-refractivity contribution in [3.05, 3.63) is 35.8 Å². The molecule has 8 nitrogen and oxygen atoms in total. The van der Waals surface area contributed by atoms with Gasteiger partial charge in [0, 0.05) is 25.8 Å². The Hall–Kier alpha value is -1.90. The van der Waals surface area contributed by atoms with Gasteiger partial charge in [-0.05, 0) is 51.4 Å². The van der Waals surface area contributed by atoms with E-state index in [-0.39, 0.29) is 30.7 Å². The van der Waals surface area contributed by atoms with Crippen LogP contribution in [0.25, 0.3) is 0 Å². The normalized spacial score (nSPS) is 13.9. The van der Waals surface area contributed by atoms with Crippen molar-refractivity contribution >= 4 is 36.5 Å². The fraction of sp³-hybridized carbons (Fsp3) is 0.556. The van der Waals surface area contributed by atoms with Crippen LogP contribution in [-0.4, -0.2) is 52.1 Å². The van der Waals surface area contributed by atoms with Crippen molar-refractivity contribution in [2.45, 2.75) is 39.3 Å². The van der Waals surface area contributed by atoms with Crippen LogP contribution in [0.2, 0.25) is 0 Å². The Balaban J connectivity index is 0.00000196. The maximum Gasteiger partial charge on any atom is 0.273 e. The smallest absolute Gasteiger partial charge is 0.273 e. The van der Waals surface area contributed by atoms with Gasteiger partial charge in [-0.25, -0.2) is 9.67 Å². The number of carbonyl (C=O) groups excluding carboxylic acids is 1. The number of nitrogens with one attached hydrogen (secondary N) is 2. The van der Waals surface area contributed by atoms with Crippen molar-refractivity contribution in [1.29, 1.82) is 0 Å². The highest BCUT2D eigenvalue weighted by Crippen LogP contribution is 2.17. The maximum atomic E-state index is 12.3. The molecule has 0 aromatic carbocycles. The number of piperidine rings is 1. The van der Waals surface area contributed by atoms with Gasteiger partial charge in [0.15, 0.2) is 5.69 Å². The fourth-order valence-electron chi connectivity index (χ4n) is 3.16. The van der Waals surface area contributed by atoms with Gasteiger partial charge in [0.25, 0.3) is 5.91 Å². The molecule has 0 unspecified atom stereocenters. The molecule has 0 saturated carbocycles. The molecule has 156 valence electrons. The second kappa shape index (κ2) is 11.8. The Morgan fingerprint density at radius 3 is 2.57 bits per heavy atom. The Morgan fingerprint density at radius 1 is 1.25 bits per heavy atom. The zero-order valence-corrected chi connectivity index (χ0v) is 17.9. The molecule has 3 rings (SSSR count). The number of anilines is 1. The summed E-state index contributed by atoms with van der Waals surface area (Å²) in [6, 6.07) is 4.30. The van der Waals surface area contributed by atoms with E-state index in [1.165, 1.54) is 0 Å². The topological polar surface area (TPSA) is 88.0 Å². The predicted molar refractivity (Wildman–Crippen MR) is 115 cm³/mol. The molecule has 10 heteroatoms. The van der Waals surface area contributed by atoms with Crippen molar-refractivity contribution in [3.8, 4) is 0 Å². The summed E-state index contributed by atoms with van der Waals surface area (Å²) in [6.45, 7) is 8.43. The van der Waals surface area contributed by atoms with Gasteiger partial charge in [-0.3, -0.25) is 4.79 Å². The van der Waals surface area contributed by atoms with E-state index < -0.39 is 0 Å². The van der Waals surface area contributed by atoms with Crippen LogP contribution in [0.1, 0.15) is 48.8 Å². The zero-order chi connectivity index (χ0) is 18.4. The van der Waals surface area contributed by atoms with Crippen LogP contribution in [0.3, 0.4) is 0 Å². The molecule has 0 atom stereocenters. The summed E-state index contributed by atoms with van der Waals surface area (Å²) in [5, 5.41) is 14.4. The van der Waals surface area contributed by atoms with Crippen LogP contribution >= 0.6 is 24.8 Å². The number of halogens is 2. The first-order chi connectivity index (χ1) is 12.7. The summed E-state index contributed by atoms with van der Waals surface area (Å²) in [7, 11) is 0. The van der Waals surface area contributed by atoms with E-state index in [1.807, 2.05) is 16.8 Å². The highest BCUT2D eigenvalue weighted by atomic mass is 35.5. The highest BCUT2D eigenvalue weighted by Gasteiger charge is 2.18. The van der Waals surface area contributed by atoms with Crippen molar-refractivity contribution < 1.29 is 4.79 Å². The summed E-state index contributed by atoms with van der Waals surface area (Å²) >= 11 is 0. The lowest BCUT2D eigenvalue weighted by molar-refractivity contribution is 0.0946. The van der Waals surface area contributed by atoms with Gasteiger partial charge in [-0.1, -0.05) is 11.3 Å². The minimum atomic E-state index is -0.210. The van der Waals surface area contributed by atoms with Crippen molar-refractivity contribution in [2.24, 2.45) is 0 Å². The van der Waals surface area contributed by atoms with Gasteiger partial charge < -0.3 is 15.5 Å². The standard InChI is InChI=1S/C18H27N7O.2ClH/c1-3-24(4-2)17-6-5-14(11-20-17)12-21-18(26)16-13-25(23-22-16)15-7-9-19-10-8-15;;/h5-6,11,13,15,19H,3-4,7-10,12H2,1-2H3,(H,21,26);2*1H. The molecular weight excluding hydrogens is 401 g/mol. The molecule has 28 heavy (non-hydrogen) atoms. The first kappa shape index (κ1) is 24.1. The zero-order valence-electron chi connectivity index (χ0n) is 16.3. The van der Waals surface area contributed by atoms with Crippen molar-refractivity contribution in [2.75, 3.05) is 31.1 Å². The van der Waals surface area contributed by atoms with Crippen LogP contribution in [0.4, 0.5) is 5.82 Å². The molecule has 1 fully saturated rings. The number of carbonyl (C=O) groups is 1. The van der Waals surface area contributed by atoms with Gasteiger partial charge in [0.05, 0.1) is 12.2 Å². The molecule has 1 amide bonds. The molecule has 2 N–H and O–H groups in total. The van der Waals surface area contributed by atoms with E-state index in [0.29, 0.717) is 18.3 Å². The average Bonchev–Trinajstić information content (AvgIpc) is 3.19. The number of pyridine rings is 1. The predicted octanol–water partition coefficient (Wildman–Crippen LogP) is 2.22. The van der Waals surface area contributed by atoms with Crippen molar-refractivity contribution in [3.63, 3.8) is 0 Å². The molecule has 1 aliphatic rings. The van der Waals surface area contributed by atoms with E-state index in [9.17, 15) is 4.79 Å². The van der Waals surface area contributed by atoms with Gasteiger partial charge in [0.2, 0.25) is 0 Å². The van der Waals surface area contributed by atoms with Crippen LogP contribution in [-0.2, 0) is 6.54 Å². The third kappa shape index (κ3) is 6.05. The minimum absolute atomic E-state index is 0. The summed E-state index contributed by atoms with van der Waals surface area (Å²) in [6.07, 6.45) is 5.57. The van der Waals surface area contributed by atoms with Crippen LogP contribution in [0.5, 0.6) is 0 Å². The number of nitrogens with zero attached hydrogens (tertiary/aromatic N) is 5. The Labute approximate surface area is 178 Å². The second-order valence-electron chi connectivity index (χ2n) is 6.44. The van der Waals surface area contributed by atoms with E-state index in [4.69, 9.17) is 0 Å². The van der Waals surface area contributed by atoms with E-state index >= 15 is 0 Å². The lowest BCUT2D eigenvalue weighted by Gasteiger charge is -2.22. The lowest BCUT2D eigenvalue weighted by Crippen LogP contribution is -2.29. The van der Waals surface area contributed by atoms with Crippen LogP contribution in [0, 0.1) is 0 Å². The minimum Gasteiger partial charge on any atom is -0.357 e. The van der Waals surface area contributed by atoms with E-state index in [0.717, 1.165) is 50.4 Å². The summed E-state index contributed by atoms with van der Waals surface area (Å²) in [5.74, 6) is 0.744. The van der Waals surface area contributed by atoms with Crippen LogP contribution in [0.15, 0.2) is 24.5 Å². The van der Waals surface area contributed by atoms with Gasteiger partial charge in [-0.2, -0.15) is 0 Å². The largest absolute Gasteiger partial charge is 0.357 e. The lowest BCUT2D eigenvalue weighted by atomic mass is 10.1. The molecule has 1 aliphatic heterocycles. The first-order valence-electron chi connectivity index (χ1n) is 9.31. The SMILES string of the molecule is CCN(CC)c1ccc(CNC(=O)c2cn(C3CCNCC3)nn2)cn1.Cl.Cl. The fourth-order valence-corrected chi connectivity index (χ4v) is 3.16. The molecule has 3 heterocycles. The summed E-state index contributed by atoms with van der Waals surface area (Å²) < 4.78 is 1.82. The number of hydrogen-bond donors (Lipinski definition) is 2. The number of aromatic nitrogens is 4. The Bertz CT molecular complexity index is 713. The number of rotatable bonds is 7. The number of hydrogen-bond acceptors (Lipinski definition) is 6. The summed E-state index contributed by atoms with van der Waals surface area (Å²) in [5.41, 5.74) is 1.32. The summed E-state index contributed by atoms with van der Waals surface area (Å²) in [4.78, 5) is 19.0. The molecule has 2 aromatic heterocycles. The molecular formula is C18H29Cl2N7O. The number of amides is 1. The Kier molecular flexibility index (Phi) is 10.2.